The zero-order chi connectivity index (χ0) is 16.6. The first kappa shape index (κ1) is 20.6. The lowest BCUT2D eigenvalue weighted by atomic mass is 10.0. The van der Waals surface area contributed by atoms with Crippen LogP contribution in [0.4, 0.5) is 0 Å². The molecule has 2 N–H and O–H groups in total. The van der Waals surface area contributed by atoms with E-state index in [1.54, 1.807) is 6.26 Å². The lowest BCUT2D eigenvalue weighted by Crippen LogP contribution is -2.50. The summed E-state index contributed by atoms with van der Waals surface area (Å²) < 4.78 is 5.37. The normalized spacial score (nSPS) is 20.4. The maximum absolute atomic E-state index is 5.37. The number of likely N-dealkylation sites (tertiary alicyclic amines) is 1. The van der Waals surface area contributed by atoms with Crippen molar-refractivity contribution in [2.75, 3.05) is 26.2 Å². The molecule has 1 aliphatic heterocycles. The number of furan rings is 1. The van der Waals surface area contributed by atoms with Crippen LogP contribution in [0.5, 0.6) is 0 Å². The molecule has 3 rings (SSSR count). The summed E-state index contributed by atoms with van der Waals surface area (Å²) in [7, 11) is 0. The van der Waals surface area contributed by atoms with Gasteiger partial charge in [-0.15, -0.1) is 24.0 Å². The minimum Gasteiger partial charge on any atom is -0.469 e. The number of rotatable bonds is 6. The molecule has 2 fully saturated rings. The van der Waals surface area contributed by atoms with E-state index in [0.717, 1.165) is 37.3 Å². The fraction of sp³-hybridized carbons (Fsp3) is 0.737. The summed E-state index contributed by atoms with van der Waals surface area (Å²) in [4.78, 5) is 7.41. The first-order valence-corrected chi connectivity index (χ1v) is 9.66. The second kappa shape index (κ2) is 11.1. The van der Waals surface area contributed by atoms with Crippen molar-refractivity contribution in [1.29, 1.82) is 0 Å². The van der Waals surface area contributed by atoms with E-state index in [1.165, 1.54) is 51.6 Å². The molecule has 0 amide bonds. The molecule has 2 heterocycles. The summed E-state index contributed by atoms with van der Waals surface area (Å²) in [6, 6.07) is 5.35. The Hall–Kier alpha value is -0.760. The first-order valence-electron chi connectivity index (χ1n) is 9.66. The van der Waals surface area contributed by atoms with Crippen molar-refractivity contribution in [2.45, 2.75) is 64.0 Å². The lowest BCUT2D eigenvalue weighted by molar-refractivity contribution is 0.150. The van der Waals surface area contributed by atoms with Crippen LogP contribution in [-0.4, -0.2) is 49.1 Å². The van der Waals surface area contributed by atoms with Gasteiger partial charge in [0.15, 0.2) is 5.96 Å². The monoisotopic (exact) mass is 460 g/mol. The highest BCUT2D eigenvalue weighted by molar-refractivity contribution is 14.0. The third-order valence-electron chi connectivity index (χ3n) is 5.26. The number of nitrogens with zero attached hydrogens (tertiary/aromatic N) is 2. The zero-order valence-electron chi connectivity index (χ0n) is 15.4. The SMILES string of the molecule is CCNC(=NCCc1ccco1)NC1CCN(C2CCCC2)CC1.I. The first-order chi connectivity index (χ1) is 11.8. The molecule has 1 saturated carbocycles. The highest BCUT2D eigenvalue weighted by Crippen LogP contribution is 2.26. The summed E-state index contributed by atoms with van der Waals surface area (Å²) in [6.45, 7) is 6.23. The molecular formula is C19H33IN4O. The zero-order valence-corrected chi connectivity index (χ0v) is 17.7. The van der Waals surface area contributed by atoms with Crippen molar-refractivity contribution < 1.29 is 4.42 Å². The van der Waals surface area contributed by atoms with Gasteiger partial charge in [0.25, 0.3) is 0 Å². The lowest BCUT2D eigenvalue weighted by Gasteiger charge is -2.36. The number of piperidine rings is 1. The van der Waals surface area contributed by atoms with Crippen LogP contribution in [0.1, 0.15) is 51.2 Å². The van der Waals surface area contributed by atoms with Gasteiger partial charge in [-0.25, -0.2) is 0 Å². The average Bonchev–Trinajstić information content (AvgIpc) is 3.29. The largest absolute Gasteiger partial charge is 0.469 e. The second-order valence-electron chi connectivity index (χ2n) is 6.98. The number of halogens is 1. The van der Waals surface area contributed by atoms with E-state index in [-0.39, 0.29) is 24.0 Å². The molecule has 0 radical (unpaired) electrons. The number of aliphatic imine (C=N–C) groups is 1. The summed E-state index contributed by atoms with van der Waals surface area (Å²) in [5.74, 6) is 1.95. The molecule has 2 aliphatic rings. The van der Waals surface area contributed by atoms with E-state index >= 15 is 0 Å². The summed E-state index contributed by atoms with van der Waals surface area (Å²) >= 11 is 0. The van der Waals surface area contributed by atoms with Crippen LogP contribution in [0.2, 0.25) is 0 Å². The van der Waals surface area contributed by atoms with Gasteiger partial charge in [-0.2, -0.15) is 0 Å². The molecule has 1 aliphatic carbocycles. The van der Waals surface area contributed by atoms with Crippen molar-refractivity contribution in [3.8, 4) is 0 Å². The Labute approximate surface area is 169 Å². The van der Waals surface area contributed by atoms with Gasteiger partial charge in [-0.1, -0.05) is 12.8 Å². The molecule has 1 aromatic rings. The Balaban J connectivity index is 0.00000225. The third kappa shape index (κ3) is 6.47. The Morgan fingerprint density at radius 1 is 1.24 bits per heavy atom. The van der Waals surface area contributed by atoms with Crippen LogP contribution in [0.25, 0.3) is 0 Å². The van der Waals surface area contributed by atoms with Gasteiger partial charge in [0.1, 0.15) is 5.76 Å². The molecule has 6 heteroatoms. The highest BCUT2D eigenvalue weighted by atomic mass is 127. The Kier molecular flexibility index (Phi) is 9.09. The molecule has 0 spiro atoms. The van der Waals surface area contributed by atoms with Crippen LogP contribution in [0, 0.1) is 0 Å². The van der Waals surface area contributed by atoms with Crippen molar-refractivity contribution in [2.24, 2.45) is 4.99 Å². The van der Waals surface area contributed by atoms with Crippen molar-refractivity contribution >= 4 is 29.9 Å². The van der Waals surface area contributed by atoms with Gasteiger partial charge in [-0.05, 0) is 44.7 Å². The Morgan fingerprint density at radius 2 is 2.00 bits per heavy atom. The van der Waals surface area contributed by atoms with Gasteiger partial charge < -0.3 is 20.0 Å². The number of hydrogen-bond acceptors (Lipinski definition) is 3. The number of hydrogen-bond donors (Lipinski definition) is 2. The molecule has 0 bridgehead atoms. The van der Waals surface area contributed by atoms with Gasteiger partial charge in [-0.3, -0.25) is 4.99 Å². The Bertz CT molecular complexity index is 492. The minimum atomic E-state index is 0. The van der Waals surface area contributed by atoms with Gasteiger partial charge in [0.2, 0.25) is 0 Å². The number of nitrogens with one attached hydrogen (secondary N) is 2. The van der Waals surface area contributed by atoms with Gasteiger partial charge in [0.05, 0.1) is 6.26 Å². The van der Waals surface area contributed by atoms with Crippen LogP contribution in [0.3, 0.4) is 0 Å². The quantitative estimate of drug-likeness (QED) is 0.388. The molecule has 142 valence electrons. The molecule has 5 nitrogen and oxygen atoms in total. The standard InChI is InChI=1S/C19H32N4O.HI/c1-2-20-19(21-12-9-18-8-5-15-24-18)22-16-10-13-23(14-11-16)17-6-3-4-7-17;/h5,8,15-17H,2-4,6-7,9-14H2,1H3,(H2,20,21,22);1H. The molecule has 0 aromatic carbocycles. The van der Waals surface area contributed by atoms with E-state index in [4.69, 9.17) is 9.41 Å². The van der Waals surface area contributed by atoms with Crippen LogP contribution in [0.15, 0.2) is 27.8 Å². The molecule has 0 unspecified atom stereocenters. The fourth-order valence-electron chi connectivity index (χ4n) is 3.92. The predicted octanol–water partition coefficient (Wildman–Crippen LogP) is 3.40. The van der Waals surface area contributed by atoms with E-state index in [0.29, 0.717) is 6.04 Å². The molecular weight excluding hydrogens is 427 g/mol. The molecule has 1 saturated heterocycles. The molecule has 0 atom stereocenters. The predicted molar refractivity (Wildman–Crippen MR) is 114 cm³/mol. The minimum absolute atomic E-state index is 0. The van der Waals surface area contributed by atoms with Gasteiger partial charge in [0, 0.05) is 44.7 Å². The summed E-state index contributed by atoms with van der Waals surface area (Å²) in [5.41, 5.74) is 0. The van der Waals surface area contributed by atoms with Crippen molar-refractivity contribution in [1.82, 2.24) is 15.5 Å². The van der Waals surface area contributed by atoms with Crippen molar-refractivity contribution in [3.63, 3.8) is 0 Å². The van der Waals surface area contributed by atoms with E-state index in [1.807, 2.05) is 12.1 Å². The highest BCUT2D eigenvalue weighted by Gasteiger charge is 2.27. The van der Waals surface area contributed by atoms with Crippen LogP contribution >= 0.6 is 24.0 Å². The maximum atomic E-state index is 5.37. The van der Waals surface area contributed by atoms with Crippen molar-refractivity contribution in [3.05, 3.63) is 24.2 Å². The summed E-state index contributed by atoms with van der Waals surface area (Å²) in [6.07, 6.45) is 10.7. The number of guanidine groups is 1. The summed E-state index contributed by atoms with van der Waals surface area (Å²) in [5, 5.41) is 7.00. The topological polar surface area (TPSA) is 52.8 Å². The van der Waals surface area contributed by atoms with Gasteiger partial charge >= 0.3 is 0 Å². The fourth-order valence-corrected chi connectivity index (χ4v) is 3.92. The van der Waals surface area contributed by atoms with Crippen LogP contribution < -0.4 is 10.6 Å². The third-order valence-corrected chi connectivity index (χ3v) is 5.26. The van der Waals surface area contributed by atoms with Crippen LogP contribution in [-0.2, 0) is 6.42 Å². The maximum Gasteiger partial charge on any atom is 0.191 e. The molecule has 25 heavy (non-hydrogen) atoms. The van der Waals surface area contributed by atoms with E-state index < -0.39 is 0 Å². The Morgan fingerprint density at radius 3 is 2.64 bits per heavy atom. The van der Waals surface area contributed by atoms with E-state index in [9.17, 15) is 0 Å². The molecule has 1 aromatic heterocycles. The van der Waals surface area contributed by atoms with E-state index in [2.05, 4.69) is 22.5 Å². The smallest absolute Gasteiger partial charge is 0.191 e. The average molecular weight is 460 g/mol. The second-order valence-corrected chi connectivity index (χ2v) is 6.98.